The van der Waals surface area contributed by atoms with E-state index in [2.05, 4.69) is 0 Å². The summed E-state index contributed by atoms with van der Waals surface area (Å²) in [4.78, 5) is 13.7. The molecule has 3 rings (SSSR count). The highest BCUT2D eigenvalue weighted by molar-refractivity contribution is 6.30. The largest absolute Gasteiger partial charge is 0.490 e. The molecule has 4 nitrogen and oxygen atoms in total. The number of rotatable bonds is 2. The average Bonchev–Trinajstić information content (AvgIpc) is 2.32. The minimum absolute atomic E-state index is 0.0661. The Morgan fingerprint density at radius 1 is 1.35 bits per heavy atom. The van der Waals surface area contributed by atoms with Crippen molar-refractivity contribution in [1.82, 2.24) is 4.90 Å². The lowest BCUT2D eigenvalue weighted by atomic mass is 9.62. The summed E-state index contributed by atoms with van der Waals surface area (Å²) in [6.07, 6.45) is 1.55. The Bertz CT molecular complexity index is 615. The highest BCUT2D eigenvalue weighted by Gasteiger charge is 2.55. The molecule has 1 saturated heterocycles. The molecule has 1 saturated carbocycles. The third kappa shape index (κ3) is 3.55. The predicted octanol–water partition coefficient (Wildman–Crippen LogP) is 4.26. The van der Waals surface area contributed by atoms with Crippen LogP contribution in [0.5, 0.6) is 5.75 Å². The average molecular weight is 342 g/mol. The molecule has 1 aliphatic carbocycles. The van der Waals surface area contributed by atoms with Crippen LogP contribution in [0.3, 0.4) is 0 Å². The van der Waals surface area contributed by atoms with Crippen LogP contribution in [0.15, 0.2) is 18.2 Å². The number of ether oxygens (including phenoxy) is 2. The number of nitrogens with zero attached hydrogens (tertiary/aromatic N) is 1. The predicted molar refractivity (Wildman–Crippen MR) is 85.3 cm³/mol. The lowest BCUT2D eigenvalue weighted by molar-refractivity contribution is -0.116. The second-order valence-corrected chi connectivity index (χ2v) is 7.97. The zero-order chi connectivity index (χ0) is 16.8. The number of amides is 1. The summed E-state index contributed by atoms with van der Waals surface area (Å²) in [5.74, 6) is 0.0213. The fraction of sp³-hybridized carbons (Fsp3) is 0.588. The first-order valence-corrected chi connectivity index (χ1v) is 8.13. The van der Waals surface area contributed by atoms with Crippen LogP contribution in [0.25, 0.3) is 0 Å². The van der Waals surface area contributed by atoms with Gasteiger partial charge in [0.1, 0.15) is 23.3 Å². The SMILES string of the molecule is CC(C)(C)OC(=O)N1CC2(CC(Oc3ccc(Cl)c(F)c3)C2)C1. The van der Waals surface area contributed by atoms with E-state index in [9.17, 15) is 9.18 Å². The van der Waals surface area contributed by atoms with Gasteiger partial charge in [0, 0.05) is 24.6 Å². The molecule has 0 unspecified atom stereocenters. The summed E-state index contributed by atoms with van der Waals surface area (Å²) in [6, 6.07) is 4.47. The van der Waals surface area contributed by atoms with Crippen LogP contribution < -0.4 is 4.74 Å². The van der Waals surface area contributed by atoms with Gasteiger partial charge in [-0.25, -0.2) is 9.18 Å². The fourth-order valence-electron chi connectivity index (χ4n) is 3.21. The van der Waals surface area contributed by atoms with Crippen molar-refractivity contribution >= 4 is 17.7 Å². The molecule has 1 spiro atoms. The first-order valence-electron chi connectivity index (χ1n) is 7.75. The lowest BCUT2D eigenvalue weighted by Gasteiger charge is -2.58. The molecule has 126 valence electrons. The number of hydrogen-bond donors (Lipinski definition) is 0. The van der Waals surface area contributed by atoms with Crippen molar-refractivity contribution in [1.29, 1.82) is 0 Å². The first kappa shape index (κ1) is 16.4. The topological polar surface area (TPSA) is 38.8 Å². The lowest BCUT2D eigenvalue weighted by Crippen LogP contribution is -2.66. The van der Waals surface area contributed by atoms with Crippen LogP contribution >= 0.6 is 11.6 Å². The molecule has 1 amide bonds. The van der Waals surface area contributed by atoms with Gasteiger partial charge in [-0.1, -0.05) is 11.6 Å². The third-order valence-corrected chi connectivity index (χ3v) is 4.53. The van der Waals surface area contributed by atoms with Gasteiger partial charge in [0.25, 0.3) is 0 Å². The van der Waals surface area contributed by atoms with E-state index in [0.29, 0.717) is 18.8 Å². The fourth-order valence-corrected chi connectivity index (χ4v) is 3.33. The smallest absolute Gasteiger partial charge is 0.410 e. The Kier molecular flexibility index (Phi) is 3.95. The maximum atomic E-state index is 13.4. The van der Waals surface area contributed by atoms with Gasteiger partial charge in [0.15, 0.2) is 0 Å². The van der Waals surface area contributed by atoms with Crippen LogP contribution in [0.4, 0.5) is 9.18 Å². The van der Waals surface area contributed by atoms with Gasteiger partial charge in [-0.05, 0) is 45.7 Å². The molecule has 2 aliphatic rings. The van der Waals surface area contributed by atoms with Gasteiger partial charge in [0.05, 0.1) is 5.02 Å². The Morgan fingerprint density at radius 3 is 2.57 bits per heavy atom. The summed E-state index contributed by atoms with van der Waals surface area (Å²) in [5, 5.41) is 0.0921. The van der Waals surface area contributed by atoms with E-state index < -0.39 is 11.4 Å². The van der Waals surface area contributed by atoms with Crippen molar-refractivity contribution in [3.63, 3.8) is 0 Å². The molecule has 0 N–H and O–H groups in total. The molecule has 0 atom stereocenters. The second kappa shape index (κ2) is 5.55. The summed E-state index contributed by atoms with van der Waals surface area (Å²) in [5.41, 5.74) is -0.323. The molecule has 1 aromatic rings. The van der Waals surface area contributed by atoms with Gasteiger partial charge in [-0.15, -0.1) is 0 Å². The van der Waals surface area contributed by atoms with Crippen molar-refractivity contribution in [3.05, 3.63) is 29.0 Å². The maximum absolute atomic E-state index is 13.4. The van der Waals surface area contributed by atoms with Gasteiger partial charge in [0.2, 0.25) is 0 Å². The first-order chi connectivity index (χ1) is 10.7. The highest BCUT2D eigenvalue weighted by atomic mass is 35.5. The third-order valence-electron chi connectivity index (χ3n) is 4.22. The van der Waals surface area contributed by atoms with E-state index in [4.69, 9.17) is 21.1 Å². The van der Waals surface area contributed by atoms with E-state index in [0.717, 1.165) is 12.8 Å². The van der Waals surface area contributed by atoms with Crippen molar-refractivity contribution in [2.45, 2.75) is 45.3 Å². The molecule has 0 aromatic heterocycles. The monoisotopic (exact) mass is 341 g/mol. The summed E-state index contributed by atoms with van der Waals surface area (Å²) in [6.45, 7) is 6.99. The number of carbonyl (C=O) groups is 1. The van der Waals surface area contributed by atoms with E-state index >= 15 is 0 Å². The van der Waals surface area contributed by atoms with Crippen LogP contribution in [-0.2, 0) is 4.74 Å². The van der Waals surface area contributed by atoms with Gasteiger partial charge in [-0.2, -0.15) is 0 Å². The van der Waals surface area contributed by atoms with Crippen LogP contribution in [0.2, 0.25) is 5.02 Å². The number of carbonyl (C=O) groups excluding carboxylic acids is 1. The van der Waals surface area contributed by atoms with Crippen molar-refractivity contribution in [2.75, 3.05) is 13.1 Å². The second-order valence-electron chi connectivity index (χ2n) is 7.56. The number of halogens is 2. The minimum atomic E-state index is -0.474. The number of likely N-dealkylation sites (tertiary alicyclic amines) is 1. The molecule has 0 bridgehead atoms. The van der Waals surface area contributed by atoms with E-state index in [1.807, 2.05) is 20.8 Å². The van der Waals surface area contributed by atoms with Crippen molar-refractivity contribution < 1.29 is 18.7 Å². The van der Waals surface area contributed by atoms with E-state index in [1.165, 1.54) is 12.1 Å². The molecule has 1 heterocycles. The summed E-state index contributed by atoms with van der Waals surface area (Å²) in [7, 11) is 0. The van der Waals surface area contributed by atoms with E-state index in [-0.39, 0.29) is 22.6 Å². The molecule has 23 heavy (non-hydrogen) atoms. The molecular formula is C17H21ClFNO3. The maximum Gasteiger partial charge on any atom is 0.410 e. The van der Waals surface area contributed by atoms with Gasteiger partial charge < -0.3 is 14.4 Å². The Balaban J connectivity index is 1.45. The highest BCUT2D eigenvalue weighted by Crippen LogP contribution is 2.50. The minimum Gasteiger partial charge on any atom is -0.490 e. The molecule has 0 radical (unpaired) electrons. The zero-order valence-corrected chi connectivity index (χ0v) is 14.3. The molecule has 1 aromatic carbocycles. The molecule has 1 aliphatic heterocycles. The normalized spacial score (nSPS) is 20.0. The van der Waals surface area contributed by atoms with Crippen molar-refractivity contribution in [2.24, 2.45) is 5.41 Å². The number of benzene rings is 1. The Morgan fingerprint density at radius 2 is 2.00 bits per heavy atom. The van der Waals surface area contributed by atoms with Crippen molar-refractivity contribution in [3.8, 4) is 5.75 Å². The Labute approximate surface area is 140 Å². The quantitative estimate of drug-likeness (QED) is 0.806. The number of hydrogen-bond acceptors (Lipinski definition) is 3. The zero-order valence-electron chi connectivity index (χ0n) is 13.6. The van der Waals surface area contributed by atoms with E-state index in [1.54, 1.807) is 11.0 Å². The summed E-state index contributed by atoms with van der Waals surface area (Å²) >= 11 is 5.65. The summed E-state index contributed by atoms with van der Waals surface area (Å²) < 4.78 is 24.5. The van der Waals surface area contributed by atoms with Crippen LogP contribution in [0.1, 0.15) is 33.6 Å². The Hall–Kier alpha value is -1.49. The molecule has 2 fully saturated rings. The standard InChI is InChI=1S/C17H21ClFNO3/c1-16(2,3)23-15(21)20-9-17(10-20)7-12(8-17)22-11-4-5-13(18)14(19)6-11/h4-6,12H,7-10H2,1-3H3. The van der Waals surface area contributed by atoms with Crippen LogP contribution in [0, 0.1) is 11.2 Å². The molecular weight excluding hydrogens is 321 g/mol. The van der Waals surface area contributed by atoms with Gasteiger partial charge in [-0.3, -0.25) is 0 Å². The van der Waals surface area contributed by atoms with Gasteiger partial charge >= 0.3 is 6.09 Å². The molecule has 6 heteroatoms. The van der Waals surface area contributed by atoms with Crippen LogP contribution in [-0.4, -0.2) is 35.8 Å².